The third kappa shape index (κ3) is 3.22. The molecule has 1 saturated heterocycles. The average molecular weight is 310 g/mol. The number of hydrogen-bond donors (Lipinski definition) is 1. The van der Waals surface area contributed by atoms with Crippen LogP contribution in [-0.2, 0) is 4.74 Å². The predicted octanol–water partition coefficient (Wildman–Crippen LogP) is 1.75. The van der Waals surface area contributed by atoms with Crippen molar-refractivity contribution in [1.29, 1.82) is 5.26 Å². The fourth-order valence-electron chi connectivity index (χ4n) is 2.03. The summed E-state index contributed by atoms with van der Waals surface area (Å²) in [7, 11) is 2.03. The molecule has 96 valence electrons. The number of likely N-dealkylation sites (N-methyl/N-ethyl adjacent to an activating group) is 1. The highest BCUT2D eigenvalue weighted by Gasteiger charge is 2.16. The first-order chi connectivity index (χ1) is 8.70. The maximum absolute atomic E-state index is 8.84. The Bertz CT molecular complexity index is 452. The van der Waals surface area contributed by atoms with Gasteiger partial charge in [-0.15, -0.1) is 0 Å². The van der Waals surface area contributed by atoms with Gasteiger partial charge in [0.05, 0.1) is 30.0 Å². The third-order valence-electron chi connectivity index (χ3n) is 2.97. The molecule has 2 rings (SSSR count). The number of benzene rings is 1. The summed E-state index contributed by atoms with van der Waals surface area (Å²) in [5, 5.41) is 12.2. The summed E-state index contributed by atoms with van der Waals surface area (Å²) < 4.78 is 6.62. The lowest BCUT2D eigenvalue weighted by Gasteiger charge is -2.29. The fourth-order valence-corrected chi connectivity index (χ4v) is 2.71. The highest BCUT2D eigenvalue weighted by Crippen LogP contribution is 2.26. The number of nitriles is 1. The van der Waals surface area contributed by atoms with Gasteiger partial charge in [-0.05, 0) is 34.1 Å². The van der Waals surface area contributed by atoms with Crippen LogP contribution in [0.15, 0.2) is 22.7 Å². The molecule has 1 atom stereocenters. The van der Waals surface area contributed by atoms with Crippen LogP contribution in [0, 0.1) is 11.3 Å². The van der Waals surface area contributed by atoms with E-state index in [2.05, 4.69) is 32.2 Å². The van der Waals surface area contributed by atoms with Crippen LogP contribution in [0.25, 0.3) is 0 Å². The first kappa shape index (κ1) is 13.3. The van der Waals surface area contributed by atoms with Crippen molar-refractivity contribution in [2.45, 2.75) is 6.10 Å². The minimum absolute atomic E-state index is 0.214. The summed E-state index contributed by atoms with van der Waals surface area (Å²) in [6.45, 7) is 3.42. The van der Waals surface area contributed by atoms with Crippen LogP contribution in [0.4, 0.5) is 5.69 Å². The molecule has 1 heterocycles. The topological polar surface area (TPSA) is 48.3 Å². The molecule has 5 heteroatoms. The molecule has 18 heavy (non-hydrogen) atoms. The van der Waals surface area contributed by atoms with Crippen LogP contribution >= 0.6 is 15.9 Å². The number of rotatable bonds is 3. The molecule has 1 unspecified atom stereocenters. The van der Waals surface area contributed by atoms with E-state index in [1.165, 1.54) is 0 Å². The van der Waals surface area contributed by atoms with E-state index in [9.17, 15) is 0 Å². The number of halogens is 1. The lowest BCUT2D eigenvalue weighted by atomic mass is 10.2. The van der Waals surface area contributed by atoms with Gasteiger partial charge in [0.15, 0.2) is 0 Å². The first-order valence-electron chi connectivity index (χ1n) is 5.94. The molecule has 0 spiro atoms. The van der Waals surface area contributed by atoms with E-state index >= 15 is 0 Å². The predicted molar refractivity (Wildman–Crippen MR) is 74.7 cm³/mol. The molecular weight excluding hydrogens is 294 g/mol. The minimum Gasteiger partial charge on any atom is -0.374 e. The minimum atomic E-state index is 0.214. The van der Waals surface area contributed by atoms with Gasteiger partial charge in [-0.2, -0.15) is 5.26 Å². The van der Waals surface area contributed by atoms with E-state index in [4.69, 9.17) is 10.00 Å². The van der Waals surface area contributed by atoms with E-state index in [1.54, 1.807) is 0 Å². The summed E-state index contributed by atoms with van der Waals surface area (Å²) in [5.74, 6) is 0. The standard InChI is InChI=1S/C13H16BrN3O/c1-17(9-11-8-16-4-5-18-11)13-3-2-10(7-15)6-12(13)14/h2-3,6,11,16H,4-5,8-9H2,1H3. The van der Waals surface area contributed by atoms with E-state index in [0.717, 1.165) is 36.4 Å². The van der Waals surface area contributed by atoms with Gasteiger partial charge in [0.1, 0.15) is 0 Å². The molecule has 1 aliphatic heterocycles. The van der Waals surface area contributed by atoms with E-state index in [-0.39, 0.29) is 6.10 Å². The Morgan fingerprint density at radius 3 is 3.06 bits per heavy atom. The van der Waals surface area contributed by atoms with Crippen LogP contribution in [-0.4, -0.2) is 39.4 Å². The molecule has 0 bridgehead atoms. The number of hydrogen-bond acceptors (Lipinski definition) is 4. The number of anilines is 1. The largest absolute Gasteiger partial charge is 0.374 e. The molecule has 4 nitrogen and oxygen atoms in total. The number of morpholine rings is 1. The van der Waals surface area contributed by atoms with Gasteiger partial charge in [0.2, 0.25) is 0 Å². The molecule has 1 N–H and O–H groups in total. The van der Waals surface area contributed by atoms with Crippen molar-refractivity contribution in [2.24, 2.45) is 0 Å². The van der Waals surface area contributed by atoms with Crippen molar-refractivity contribution in [3.05, 3.63) is 28.2 Å². The molecule has 1 aromatic carbocycles. The zero-order valence-electron chi connectivity index (χ0n) is 10.3. The quantitative estimate of drug-likeness (QED) is 0.924. The van der Waals surface area contributed by atoms with Crippen molar-refractivity contribution in [3.8, 4) is 6.07 Å². The maximum atomic E-state index is 8.84. The second-order valence-corrected chi connectivity index (χ2v) is 5.21. The summed E-state index contributed by atoms with van der Waals surface area (Å²) in [6, 6.07) is 7.76. The molecule has 1 aromatic rings. The Hall–Kier alpha value is -1.09. The Morgan fingerprint density at radius 2 is 2.44 bits per heavy atom. The first-order valence-corrected chi connectivity index (χ1v) is 6.73. The van der Waals surface area contributed by atoms with Gasteiger partial charge >= 0.3 is 0 Å². The van der Waals surface area contributed by atoms with Crippen molar-refractivity contribution in [3.63, 3.8) is 0 Å². The summed E-state index contributed by atoms with van der Waals surface area (Å²) >= 11 is 3.50. The van der Waals surface area contributed by atoms with E-state index < -0.39 is 0 Å². The van der Waals surface area contributed by atoms with Crippen molar-refractivity contribution >= 4 is 21.6 Å². The monoisotopic (exact) mass is 309 g/mol. The average Bonchev–Trinajstić information content (AvgIpc) is 2.39. The van der Waals surface area contributed by atoms with Crippen molar-refractivity contribution in [2.75, 3.05) is 38.2 Å². The number of nitrogens with one attached hydrogen (secondary N) is 1. The van der Waals surface area contributed by atoms with Gasteiger partial charge in [0.25, 0.3) is 0 Å². The van der Waals surface area contributed by atoms with Crippen LogP contribution < -0.4 is 10.2 Å². The summed E-state index contributed by atoms with van der Waals surface area (Å²) in [4.78, 5) is 2.14. The van der Waals surface area contributed by atoms with Crippen LogP contribution in [0.2, 0.25) is 0 Å². The zero-order chi connectivity index (χ0) is 13.0. The van der Waals surface area contributed by atoms with Gasteiger partial charge in [0, 0.05) is 31.2 Å². The van der Waals surface area contributed by atoms with Gasteiger partial charge in [-0.3, -0.25) is 0 Å². The van der Waals surface area contributed by atoms with E-state index in [0.29, 0.717) is 5.56 Å². The SMILES string of the molecule is CN(CC1CNCCO1)c1ccc(C#N)cc1Br. The summed E-state index contributed by atoms with van der Waals surface area (Å²) in [6.07, 6.45) is 0.214. The number of ether oxygens (including phenoxy) is 1. The Morgan fingerprint density at radius 1 is 1.61 bits per heavy atom. The van der Waals surface area contributed by atoms with Gasteiger partial charge in [-0.1, -0.05) is 0 Å². The molecule has 1 aliphatic rings. The molecule has 1 fully saturated rings. The molecule has 0 aliphatic carbocycles. The number of nitrogens with zero attached hydrogens (tertiary/aromatic N) is 2. The molecule has 0 saturated carbocycles. The zero-order valence-corrected chi connectivity index (χ0v) is 11.9. The third-order valence-corrected chi connectivity index (χ3v) is 3.61. The fraction of sp³-hybridized carbons (Fsp3) is 0.462. The summed E-state index contributed by atoms with van der Waals surface area (Å²) in [5.41, 5.74) is 1.73. The van der Waals surface area contributed by atoms with Crippen LogP contribution in [0.3, 0.4) is 0 Å². The van der Waals surface area contributed by atoms with Gasteiger partial charge < -0.3 is 15.0 Å². The van der Waals surface area contributed by atoms with Crippen molar-refractivity contribution in [1.82, 2.24) is 5.32 Å². The van der Waals surface area contributed by atoms with Gasteiger partial charge in [-0.25, -0.2) is 0 Å². The van der Waals surface area contributed by atoms with E-state index in [1.807, 2.05) is 25.2 Å². The second kappa shape index (κ2) is 6.19. The van der Waals surface area contributed by atoms with Crippen molar-refractivity contribution < 1.29 is 4.74 Å². The Labute approximate surface area is 116 Å². The Balaban J connectivity index is 2.04. The maximum Gasteiger partial charge on any atom is 0.0992 e. The Kier molecular flexibility index (Phi) is 4.59. The lowest BCUT2D eigenvalue weighted by Crippen LogP contribution is -2.44. The highest BCUT2D eigenvalue weighted by atomic mass is 79.9. The molecule has 0 amide bonds. The lowest BCUT2D eigenvalue weighted by molar-refractivity contribution is 0.0340. The molecule has 0 radical (unpaired) electrons. The van der Waals surface area contributed by atoms with Crippen LogP contribution in [0.1, 0.15) is 5.56 Å². The smallest absolute Gasteiger partial charge is 0.0992 e. The van der Waals surface area contributed by atoms with Crippen LogP contribution in [0.5, 0.6) is 0 Å². The highest BCUT2D eigenvalue weighted by molar-refractivity contribution is 9.10. The normalized spacial score (nSPS) is 19.3. The second-order valence-electron chi connectivity index (χ2n) is 4.36. The molecular formula is C13H16BrN3O. The molecule has 0 aromatic heterocycles.